The van der Waals surface area contributed by atoms with Crippen molar-refractivity contribution in [2.45, 2.75) is 55.9 Å². The Labute approximate surface area is 137 Å². The Hall–Kier alpha value is -1.32. The summed E-state index contributed by atoms with van der Waals surface area (Å²) in [6, 6.07) is 10.2. The van der Waals surface area contributed by atoms with Gasteiger partial charge in [0, 0.05) is 0 Å². The first kappa shape index (κ1) is 15.6. The minimum absolute atomic E-state index is 0.0877. The molecule has 3 amide bonds. The maximum absolute atomic E-state index is 12.4. The number of imide groups is 1. The van der Waals surface area contributed by atoms with Gasteiger partial charge < -0.3 is 0 Å². The number of carbonyl (C=O) groups excluding carboxylic acids is 2. The number of nitrogens with one attached hydrogen (secondary N) is 1. The van der Waals surface area contributed by atoms with Gasteiger partial charge in [-0.15, -0.1) is 0 Å². The van der Waals surface area contributed by atoms with Gasteiger partial charge in [0.1, 0.15) is 0 Å². The molecule has 2 heterocycles. The van der Waals surface area contributed by atoms with E-state index in [-0.39, 0.29) is 17.5 Å². The number of hydrogen-bond acceptors (Lipinski definition) is 2. The molecule has 22 heavy (non-hydrogen) atoms. The van der Waals surface area contributed by atoms with E-state index in [0.717, 1.165) is 31.0 Å². The van der Waals surface area contributed by atoms with Gasteiger partial charge in [-0.3, -0.25) is 0 Å². The van der Waals surface area contributed by atoms with E-state index in [2.05, 4.69) is 43.4 Å². The number of rotatable bonds is 5. The average Bonchev–Trinajstić information content (AvgIpc) is 2.94. The molecule has 0 radical (unpaired) electrons. The van der Waals surface area contributed by atoms with Crippen molar-refractivity contribution in [1.82, 2.24) is 10.2 Å². The van der Waals surface area contributed by atoms with Crippen LogP contribution < -0.4 is 9.78 Å². The summed E-state index contributed by atoms with van der Waals surface area (Å²) >= 11 is 0.310. The van der Waals surface area contributed by atoms with Gasteiger partial charge in [0.2, 0.25) is 0 Å². The second-order valence-corrected chi connectivity index (χ2v) is 8.68. The molecule has 0 spiro atoms. The van der Waals surface area contributed by atoms with Gasteiger partial charge >= 0.3 is 137 Å². The van der Waals surface area contributed by atoms with E-state index in [1.807, 2.05) is 11.0 Å². The zero-order chi connectivity index (χ0) is 15.8. The zero-order valence-electron chi connectivity index (χ0n) is 13.1. The van der Waals surface area contributed by atoms with Crippen LogP contribution >= 0.6 is 0 Å². The number of fused-ring (bicyclic) bond motifs is 1. The quantitative estimate of drug-likeness (QED) is 0.642. The molecule has 118 valence electrons. The molecule has 0 saturated carbocycles. The normalized spacial score (nSPS) is 30.5. The van der Waals surface area contributed by atoms with Crippen molar-refractivity contribution in [3.63, 3.8) is 0 Å². The predicted molar refractivity (Wildman–Crippen MR) is 87.3 cm³/mol. The Kier molecular flexibility index (Phi) is 4.04. The van der Waals surface area contributed by atoms with Crippen LogP contribution in [0.3, 0.4) is 0 Å². The van der Waals surface area contributed by atoms with Gasteiger partial charge in [-0.1, -0.05) is 0 Å². The summed E-state index contributed by atoms with van der Waals surface area (Å²) in [5.41, 5.74) is -0.797. The number of benzene rings is 1. The number of nitrogens with zero attached hydrogens (tertiary/aromatic N) is 1. The second kappa shape index (κ2) is 5.71. The molecule has 0 bridgehead atoms. The van der Waals surface area contributed by atoms with Crippen LogP contribution in [0.2, 0.25) is 5.32 Å². The van der Waals surface area contributed by atoms with Crippen molar-refractivity contribution < 1.29 is 9.59 Å². The van der Waals surface area contributed by atoms with Crippen LogP contribution in [-0.4, -0.2) is 42.9 Å². The van der Waals surface area contributed by atoms with E-state index in [4.69, 9.17) is 0 Å². The Morgan fingerprint density at radius 1 is 1.23 bits per heavy atom. The van der Waals surface area contributed by atoms with Crippen LogP contribution in [0.5, 0.6) is 0 Å². The minimum atomic E-state index is -0.590. The van der Waals surface area contributed by atoms with Crippen molar-refractivity contribution in [1.29, 1.82) is 0 Å². The summed E-state index contributed by atoms with van der Waals surface area (Å²) in [5.74, 6) is -0.0877. The van der Waals surface area contributed by atoms with E-state index >= 15 is 0 Å². The molecule has 0 aliphatic carbocycles. The topological polar surface area (TPSA) is 49.4 Å². The zero-order valence-corrected chi connectivity index (χ0v) is 14.8. The van der Waals surface area contributed by atoms with Crippen LogP contribution in [0.15, 0.2) is 30.3 Å². The molecule has 2 fully saturated rings. The van der Waals surface area contributed by atoms with Gasteiger partial charge in [0.15, 0.2) is 0 Å². The van der Waals surface area contributed by atoms with E-state index in [1.54, 1.807) is 0 Å². The number of amides is 3. The molecule has 4 nitrogen and oxygen atoms in total. The SMILES string of the molecule is CCC[C@@]12CC[C@@](C)(C[Se]c3ccccc3)N1C(=O)NC2=O. The first-order chi connectivity index (χ1) is 10.5. The van der Waals surface area contributed by atoms with Crippen LogP contribution in [0.4, 0.5) is 4.79 Å². The molecule has 5 heteroatoms. The number of hydrogen-bond donors (Lipinski definition) is 1. The van der Waals surface area contributed by atoms with Gasteiger partial charge in [-0.2, -0.15) is 0 Å². The van der Waals surface area contributed by atoms with Gasteiger partial charge in [0.05, 0.1) is 0 Å². The van der Waals surface area contributed by atoms with Crippen LogP contribution in [0.1, 0.15) is 39.5 Å². The Morgan fingerprint density at radius 2 is 1.95 bits per heavy atom. The third-order valence-electron chi connectivity index (χ3n) is 4.85. The summed E-state index contributed by atoms with van der Waals surface area (Å²) in [7, 11) is 0. The molecule has 2 atom stereocenters. The fraction of sp³-hybridized carbons (Fsp3) is 0.529. The summed E-state index contributed by atoms with van der Waals surface area (Å²) in [6.07, 6.45) is 3.39. The molecule has 2 aliphatic heterocycles. The molecule has 0 unspecified atom stereocenters. The molecular formula is C17H22N2O2Se. The van der Waals surface area contributed by atoms with E-state index in [1.165, 1.54) is 4.46 Å². The van der Waals surface area contributed by atoms with Crippen molar-refractivity contribution in [2.75, 3.05) is 0 Å². The molecule has 0 aromatic heterocycles. The number of carbonyl (C=O) groups is 2. The van der Waals surface area contributed by atoms with Crippen LogP contribution in [-0.2, 0) is 4.79 Å². The van der Waals surface area contributed by atoms with Gasteiger partial charge in [0.25, 0.3) is 0 Å². The molecule has 1 aromatic carbocycles. The monoisotopic (exact) mass is 366 g/mol. The number of urea groups is 1. The van der Waals surface area contributed by atoms with Crippen molar-refractivity contribution in [2.24, 2.45) is 0 Å². The van der Waals surface area contributed by atoms with E-state index < -0.39 is 5.54 Å². The van der Waals surface area contributed by atoms with Crippen molar-refractivity contribution in [3.05, 3.63) is 30.3 Å². The second-order valence-electron chi connectivity index (χ2n) is 6.47. The summed E-state index contributed by atoms with van der Waals surface area (Å²) in [4.78, 5) is 26.6. The third-order valence-corrected chi connectivity index (χ3v) is 7.73. The first-order valence-corrected chi connectivity index (χ1v) is 9.92. The Balaban J connectivity index is 1.82. The summed E-state index contributed by atoms with van der Waals surface area (Å²) in [5, 5.41) is 3.51. The van der Waals surface area contributed by atoms with Crippen LogP contribution in [0, 0.1) is 0 Å². The predicted octanol–water partition coefficient (Wildman–Crippen LogP) is 2.08. The third kappa shape index (κ3) is 2.37. The summed E-state index contributed by atoms with van der Waals surface area (Å²) in [6.45, 7) is 4.22. The molecule has 3 rings (SSSR count). The summed E-state index contributed by atoms with van der Waals surface area (Å²) < 4.78 is 1.34. The average molecular weight is 365 g/mol. The van der Waals surface area contributed by atoms with Crippen LogP contribution in [0.25, 0.3) is 0 Å². The molecule has 1 aromatic rings. The molecule has 1 N–H and O–H groups in total. The fourth-order valence-corrected chi connectivity index (χ4v) is 6.11. The molecule has 2 aliphatic rings. The maximum atomic E-state index is 12.4. The fourth-order valence-electron chi connectivity index (χ4n) is 3.80. The molecular weight excluding hydrogens is 343 g/mol. The van der Waals surface area contributed by atoms with E-state index in [0.29, 0.717) is 15.0 Å². The standard InChI is InChI=1S/C17H22N2O2Se/c1-3-9-17-11-10-16(2,19(17)15(21)18-14(17)20)12-22-13-7-5-4-6-8-13/h4-8H,3,9-12H2,1-2H3,(H,18,20,21)/t16-,17-/m0/s1. The van der Waals surface area contributed by atoms with E-state index in [9.17, 15) is 9.59 Å². The van der Waals surface area contributed by atoms with Gasteiger partial charge in [-0.25, -0.2) is 0 Å². The first-order valence-electron chi connectivity index (χ1n) is 7.85. The van der Waals surface area contributed by atoms with Gasteiger partial charge in [-0.05, 0) is 0 Å². The Bertz CT molecular complexity index is 592. The van der Waals surface area contributed by atoms with Crippen molar-refractivity contribution in [3.8, 4) is 0 Å². The van der Waals surface area contributed by atoms with Crippen molar-refractivity contribution >= 4 is 31.4 Å². The Morgan fingerprint density at radius 3 is 2.64 bits per heavy atom. The molecule has 2 saturated heterocycles.